The number of benzene rings is 1. The maximum atomic E-state index is 12.0. The molecule has 5 heteroatoms. The van der Waals surface area contributed by atoms with Crippen LogP contribution >= 0.6 is 15.9 Å². The summed E-state index contributed by atoms with van der Waals surface area (Å²) in [5.74, 6) is 0.575. The number of ether oxygens (including phenoxy) is 1. The van der Waals surface area contributed by atoms with Gasteiger partial charge in [-0.05, 0) is 59.5 Å². The standard InChI is InChI=1S/C15H17BrN2O2/c1-8-5-10(3)11(6-9(8)2)14-17-12(7-20-4)13(16)15(19)18-14/h5-6H,7H2,1-4H3,(H,17,18,19). The molecule has 1 heterocycles. The number of rotatable bonds is 3. The molecule has 106 valence electrons. The van der Waals surface area contributed by atoms with Gasteiger partial charge in [-0.3, -0.25) is 4.79 Å². The van der Waals surface area contributed by atoms with Crippen LogP contribution in [0, 0.1) is 20.8 Å². The number of nitrogens with one attached hydrogen (secondary N) is 1. The molecule has 0 aliphatic heterocycles. The lowest BCUT2D eigenvalue weighted by Crippen LogP contribution is -2.14. The van der Waals surface area contributed by atoms with Gasteiger partial charge in [0, 0.05) is 12.7 Å². The van der Waals surface area contributed by atoms with E-state index in [1.54, 1.807) is 7.11 Å². The normalized spacial score (nSPS) is 10.8. The molecule has 0 radical (unpaired) electrons. The lowest BCUT2D eigenvalue weighted by atomic mass is 10.0. The van der Waals surface area contributed by atoms with Gasteiger partial charge in [-0.2, -0.15) is 0 Å². The molecule has 0 unspecified atom stereocenters. The largest absolute Gasteiger partial charge is 0.378 e. The zero-order valence-electron chi connectivity index (χ0n) is 12.0. The van der Waals surface area contributed by atoms with Crippen molar-refractivity contribution in [3.8, 4) is 11.4 Å². The lowest BCUT2D eigenvalue weighted by Gasteiger charge is -2.11. The van der Waals surface area contributed by atoms with Crippen molar-refractivity contribution in [1.29, 1.82) is 0 Å². The van der Waals surface area contributed by atoms with Crippen LogP contribution in [0.5, 0.6) is 0 Å². The van der Waals surface area contributed by atoms with Crippen LogP contribution in [0.15, 0.2) is 21.4 Å². The summed E-state index contributed by atoms with van der Waals surface area (Å²) in [5, 5.41) is 0. The van der Waals surface area contributed by atoms with Gasteiger partial charge in [0.25, 0.3) is 5.56 Å². The lowest BCUT2D eigenvalue weighted by molar-refractivity contribution is 0.180. The van der Waals surface area contributed by atoms with Crippen molar-refractivity contribution in [3.63, 3.8) is 0 Å². The van der Waals surface area contributed by atoms with Gasteiger partial charge in [-0.25, -0.2) is 4.98 Å². The minimum Gasteiger partial charge on any atom is -0.378 e. The molecule has 1 aromatic heterocycles. The minimum atomic E-state index is -0.195. The molecular weight excluding hydrogens is 320 g/mol. The highest BCUT2D eigenvalue weighted by atomic mass is 79.9. The second kappa shape index (κ2) is 5.89. The van der Waals surface area contributed by atoms with E-state index in [0.717, 1.165) is 11.1 Å². The smallest absolute Gasteiger partial charge is 0.265 e. The predicted molar refractivity (Wildman–Crippen MR) is 82.9 cm³/mol. The molecule has 2 rings (SSSR count). The summed E-state index contributed by atoms with van der Waals surface area (Å²) in [6, 6.07) is 4.15. The van der Waals surface area contributed by atoms with Crippen LogP contribution in [0.1, 0.15) is 22.4 Å². The van der Waals surface area contributed by atoms with Gasteiger partial charge in [0.15, 0.2) is 0 Å². The minimum absolute atomic E-state index is 0.195. The van der Waals surface area contributed by atoms with Crippen molar-refractivity contribution in [2.24, 2.45) is 0 Å². The number of methoxy groups -OCH3 is 1. The van der Waals surface area contributed by atoms with E-state index in [-0.39, 0.29) is 5.56 Å². The fourth-order valence-electron chi connectivity index (χ4n) is 2.08. The number of aryl methyl sites for hydroxylation is 3. The van der Waals surface area contributed by atoms with Crippen LogP contribution in [-0.4, -0.2) is 17.1 Å². The first-order valence-corrected chi connectivity index (χ1v) is 7.09. The molecule has 4 nitrogen and oxygen atoms in total. The number of H-pyrrole nitrogens is 1. The van der Waals surface area contributed by atoms with E-state index in [2.05, 4.69) is 38.9 Å². The van der Waals surface area contributed by atoms with E-state index in [0.29, 0.717) is 22.6 Å². The Labute approximate surface area is 126 Å². The molecule has 0 aliphatic carbocycles. The molecule has 0 bridgehead atoms. The number of aromatic nitrogens is 2. The molecule has 2 aromatic rings. The molecule has 0 fully saturated rings. The number of hydrogen-bond acceptors (Lipinski definition) is 3. The molecular formula is C15H17BrN2O2. The van der Waals surface area contributed by atoms with Gasteiger partial charge in [0.2, 0.25) is 0 Å². The maximum Gasteiger partial charge on any atom is 0.265 e. The Hall–Kier alpha value is -1.46. The molecule has 1 aromatic carbocycles. The topological polar surface area (TPSA) is 55.0 Å². The number of hydrogen-bond donors (Lipinski definition) is 1. The van der Waals surface area contributed by atoms with Crippen molar-refractivity contribution in [2.45, 2.75) is 27.4 Å². The van der Waals surface area contributed by atoms with Crippen molar-refractivity contribution in [2.75, 3.05) is 7.11 Å². The Morgan fingerprint density at radius 1 is 1.20 bits per heavy atom. The Morgan fingerprint density at radius 2 is 1.85 bits per heavy atom. The Morgan fingerprint density at radius 3 is 2.50 bits per heavy atom. The molecule has 0 saturated carbocycles. The maximum absolute atomic E-state index is 12.0. The third-order valence-electron chi connectivity index (χ3n) is 3.31. The fraction of sp³-hybridized carbons (Fsp3) is 0.333. The molecule has 0 aliphatic rings. The summed E-state index contributed by atoms with van der Waals surface area (Å²) in [6.45, 7) is 6.42. The van der Waals surface area contributed by atoms with Gasteiger partial charge in [-0.1, -0.05) is 6.07 Å². The van der Waals surface area contributed by atoms with Crippen molar-refractivity contribution >= 4 is 15.9 Å². The highest BCUT2D eigenvalue weighted by Crippen LogP contribution is 2.24. The van der Waals surface area contributed by atoms with E-state index in [1.165, 1.54) is 11.1 Å². The predicted octanol–water partition coefficient (Wildman–Crippen LogP) is 3.27. The number of nitrogens with zero attached hydrogens (tertiary/aromatic N) is 1. The monoisotopic (exact) mass is 336 g/mol. The zero-order valence-corrected chi connectivity index (χ0v) is 13.6. The van der Waals surface area contributed by atoms with E-state index in [9.17, 15) is 4.79 Å². The summed E-state index contributed by atoms with van der Waals surface area (Å²) in [7, 11) is 1.58. The van der Waals surface area contributed by atoms with Gasteiger partial charge in [0.1, 0.15) is 10.3 Å². The van der Waals surface area contributed by atoms with Crippen LogP contribution in [0.25, 0.3) is 11.4 Å². The highest BCUT2D eigenvalue weighted by Gasteiger charge is 2.12. The number of halogens is 1. The zero-order chi connectivity index (χ0) is 14.9. The third-order valence-corrected chi connectivity index (χ3v) is 4.13. The summed E-state index contributed by atoms with van der Waals surface area (Å²) >= 11 is 3.25. The first-order valence-electron chi connectivity index (χ1n) is 6.30. The highest BCUT2D eigenvalue weighted by molar-refractivity contribution is 9.10. The Kier molecular flexibility index (Phi) is 4.40. The van der Waals surface area contributed by atoms with Crippen molar-refractivity contribution in [3.05, 3.63) is 49.3 Å². The fourth-order valence-corrected chi connectivity index (χ4v) is 2.38. The third kappa shape index (κ3) is 2.83. The quantitative estimate of drug-likeness (QED) is 0.935. The SMILES string of the molecule is COCc1nc(-c2cc(C)c(C)cc2C)[nH]c(=O)c1Br. The van der Waals surface area contributed by atoms with Crippen LogP contribution in [0.2, 0.25) is 0 Å². The average Bonchev–Trinajstić information content (AvgIpc) is 2.39. The molecule has 0 spiro atoms. The van der Waals surface area contributed by atoms with Gasteiger partial charge in [0.05, 0.1) is 12.3 Å². The Bertz CT molecular complexity index is 708. The molecule has 0 amide bonds. The van der Waals surface area contributed by atoms with Crippen LogP contribution in [-0.2, 0) is 11.3 Å². The molecule has 20 heavy (non-hydrogen) atoms. The van der Waals surface area contributed by atoms with Crippen LogP contribution < -0.4 is 5.56 Å². The summed E-state index contributed by atoms with van der Waals surface area (Å²) in [4.78, 5) is 19.3. The summed E-state index contributed by atoms with van der Waals surface area (Å²) < 4.78 is 5.50. The van der Waals surface area contributed by atoms with Gasteiger partial charge < -0.3 is 9.72 Å². The van der Waals surface area contributed by atoms with Crippen molar-refractivity contribution in [1.82, 2.24) is 9.97 Å². The van der Waals surface area contributed by atoms with Crippen LogP contribution in [0.4, 0.5) is 0 Å². The molecule has 0 saturated heterocycles. The van der Waals surface area contributed by atoms with E-state index in [1.807, 2.05) is 19.9 Å². The Balaban J connectivity index is 2.64. The first-order chi connectivity index (χ1) is 9.43. The molecule has 1 N–H and O–H groups in total. The van der Waals surface area contributed by atoms with E-state index >= 15 is 0 Å². The van der Waals surface area contributed by atoms with Crippen molar-refractivity contribution < 1.29 is 4.74 Å². The van der Waals surface area contributed by atoms with Gasteiger partial charge in [-0.15, -0.1) is 0 Å². The first kappa shape index (κ1) is 14.9. The molecule has 0 atom stereocenters. The second-order valence-corrected chi connectivity index (χ2v) is 5.65. The summed E-state index contributed by atoms with van der Waals surface area (Å²) in [6.07, 6.45) is 0. The average molecular weight is 337 g/mol. The number of aromatic amines is 1. The summed E-state index contributed by atoms with van der Waals surface area (Å²) in [5.41, 5.74) is 4.83. The van der Waals surface area contributed by atoms with Gasteiger partial charge >= 0.3 is 0 Å². The van der Waals surface area contributed by atoms with E-state index < -0.39 is 0 Å². The van der Waals surface area contributed by atoms with E-state index in [4.69, 9.17) is 4.74 Å². The van der Waals surface area contributed by atoms with Crippen LogP contribution in [0.3, 0.4) is 0 Å². The second-order valence-electron chi connectivity index (χ2n) is 4.86.